The third-order valence-corrected chi connectivity index (χ3v) is 2.45. The number of benzene rings is 1. The minimum Gasteiger partial charge on any atom is -0.435 e. The van der Waals surface area contributed by atoms with E-state index >= 15 is 0 Å². The van der Waals surface area contributed by atoms with E-state index in [0.29, 0.717) is 5.56 Å². The molecule has 0 saturated heterocycles. The molecule has 1 aromatic rings. The predicted octanol–water partition coefficient (Wildman–Crippen LogP) is 4.11. The van der Waals surface area contributed by atoms with Crippen LogP contribution in [0.15, 0.2) is 30.3 Å². The van der Waals surface area contributed by atoms with Gasteiger partial charge in [-0.05, 0) is 31.1 Å². The molecule has 110 valence electrons. The predicted molar refractivity (Wildman–Crippen MR) is 68.2 cm³/mol. The molecule has 0 aromatic heterocycles. The Hall–Kier alpha value is -1.98. The average molecular weight is 288 g/mol. The summed E-state index contributed by atoms with van der Waals surface area (Å²) in [5.41, 5.74) is 1.44. The normalized spacial score (nSPS) is 13.2. The third kappa shape index (κ3) is 4.95. The maximum atomic E-state index is 12.7. The lowest BCUT2D eigenvalue weighted by Crippen LogP contribution is -2.32. The molecular formula is C14H15F3O3. The fourth-order valence-electron chi connectivity index (χ4n) is 1.44. The summed E-state index contributed by atoms with van der Waals surface area (Å²) < 4.78 is 46.8. The quantitative estimate of drug-likeness (QED) is 0.782. The fraction of sp³-hybridized carbons (Fsp3) is 0.357. The van der Waals surface area contributed by atoms with Crippen molar-refractivity contribution in [3.63, 3.8) is 0 Å². The van der Waals surface area contributed by atoms with Gasteiger partial charge in [0.15, 0.2) is 0 Å². The van der Waals surface area contributed by atoms with Crippen LogP contribution in [0, 0.1) is 6.92 Å². The van der Waals surface area contributed by atoms with Crippen LogP contribution in [-0.2, 0) is 9.47 Å². The maximum absolute atomic E-state index is 12.7. The van der Waals surface area contributed by atoms with Gasteiger partial charge in [0, 0.05) is 0 Å². The molecule has 0 N–H and O–H groups in total. The molecular weight excluding hydrogens is 273 g/mol. The zero-order chi connectivity index (χ0) is 15.2. The number of hydrogen-bond acceptors (Lipinski definition) is 3. The van der Waals surface area contributed by atoms with Crippen molar-refractivity contribution in [3.05, 3.63) is 41.5 Å². The molecule has 0 aliphatic heterocycles. The third-order valence-electron chi connectivity index (χ3n) is 2.45. The van der Waals surface area contributed by atoms with Gasteiger partial charge < -0.3 is 9.47 Å². The molecule has 1 atom stereocenters. The second kappa shape index (κ2) is 6.98. The van der Waals surface area contributed by atoms with Gasteiger partial charge >= 0.3 is 12.3 Å². The summed E-state index contributed by atoms with van der Waals surface area (Å²) in [4.78, 5) is 11.0. The largest absolute Gasteiger partial charge is 0.509 e. The topological polar surface area (TPSA) is 35.5 Å². The number of halogens is 3. The number of aryl methyl sites for hydroxylation is 1. The van der Waals surface area contributed by atoms with Gasteiger partial charge in [0.1, 0.15) is 0 Å². The van der Waals surface area contributed by atoms with Crippen LogP contribution in [0.4, 0.5) is 18.0 Å². The molecule has 0 spiro atoms. The van der Waals surface area contributed by atoms with E-state index in [1.165, 1.54) is 13.0 Å². The number of alkyl halides is 3. The van der Waals surface area contributed by atoms with Crippen molar-refractivity contribution < 1.29 is 27.4 Å². The Balaban J connectivity index is 2.85. The van der Waals surface area contributed by atoms with Crippen molar-refractivity contribution >= 4 is 12.2 Å². The molecule has 0 saturated carbocycles. The first-order valence-electron chi connectivity index (χ1n) is 5.98. The zero-order valence-corrected chi connectivity index (χ0v) is 11.1. The number of carbonyl (C=O) groups is 1. The highest BCUT2D eigenvalue weighted by Gasteiger charge is 2.41. The van der Waals surface area contributed by atoms with Crippen LogP contribution in [-0.4, -0.2) is 25.0 Å². The van der Waals surface area contributed by atoms with Crippen molar-refractivity contribution in [1.29, 1.82) is 0 Å². The van der Waals surface area contributed by atoms with Gasteiger partial charge in [-0.15, -0.1) is 0 Å². The lowest BCUT2D eigenvalue weighted by atomic mass is 10.1. The Labute approximate surface area is 115 Å². The average Bonchev–Trinajstić information content (AvgIpc) is 2.35. The molecule has 6 heteroatoms. The van der Waals surface area contributed by atoms with E-state index in [-0.39, 0.29) is 6.61 Å². The Morgan fingerprint density at radius 2 is 2.00 bits per heavy atom. The van der Waals surface area contributed by atoms with Crippen molar-refractivity contribution in [3.8, 4) is 0 Å². The number of hydrogen-bond donors (Lipinski definition) is 0. The summed E-state index contributed by atoms with van der Waals surface area (Å²) in [6.45, 7) is 3.20. The van der Waals surface area contributed by atoms with Crippen LogP contribution in [0.3, 0.4) is 0 Å². The highest BCUT2D eigenvalue weighted by molar-refractivity contribution is 5.61. The van der Waals surface area contributed by atoms with E-state index in [1.54, 1.807) is 31.2 Å². The summed E-state index contributed by atoms with van der Waals surface area (Å²) in [6, 6.07) is 6.93. The monoisotopic (exact) mass is 288 g/mol. The van der Waals surface area contributed by atoms with Crippen LogP contribution in [0.2, 0.25) is 0 Å². The summed E-state index contributed by atoms with van der Waals surface area (Å²) in [5.74, 6) is 0. The maximum Gasteiger partial charge on any atom is 0.509 e. The molecule has 0 aliphatic carbocycles. The van der Waals surface area contributed by atoms with Crippen LogP contribution in [0.1, 0.15) is 18.1 Å². The van der Waals surface area contributed by atoms with Gasteiger partial charge in [-0.2, -0.15) is 13.2 Å². The van der Waals surface area contributed by atoms with Gasteiger partial charge in [0.25, 0.3) is 0 Å². The Morgan fingerprint density at radius 1 is 1.35 bits per heavy atom. The molecule has 0 fully saturated rings. The number of rotatable bonds is 4. The van der Waals surface area contributed by atoms with Crippen molar-refractivity contribution in [2.75, 3.05) is 6.61 Å². The Bertz CT molecular complexity index is 481. The molecule has 20 heavy (non-hydrogen) atoms. The molecule has 3 nitrogen and oxygen atoms in total. The molecule has 0 radical (unpaired) electrons. The highest BCUT2D eigenvalue weighted by atomic mass is 19.4. The SMILES string of the molecule is CCOC(=O)OC(/C=C/c1ccccc1C)C(F)(F)F. The molecule has 0 amide bonds. The van der Waals surface area contributed by atoms with E-state index in [0.717, 1.165) is 11.6 Å². The molecule has 1 unspecified atom stereocenters. The first-order valence-corrected chi connectivity index (χ1v) is 5.98. The van der Waals surface area contributed by atoms with Gasteiger partial charge in [0.05, 0.1) is 6.61 Å². The second-order valence-corrected chi connectivity index (χ2v) is 3.98. The lowest BCUT2D eigenvalue weighted by molar-refractivity contribution is -0.192. The van der Waals surface area contributed by atoms with E-state index < -0.39 is 18.4 Å². The minimum absolute atomic E-state index is 0.0507. The number of carbonyl (C=O) groups excluding carboxylic acids is 1. The van der Waals surface area contributed by atoms with Gasteiger partial charge in [0.2, 0.25) is 6.10 Å². The fourth-order valence-corrected chi connectivity index (χ4v) is 1.44. The summed E-state index contributed by atoms with van der Waals surface area (Å²) in [5, 5.41) is 0. The van der Waals surface area contributed by atoms with Crippen LogP contribution < -0.4 is 0 Å². The molecule has 0 heterocycles. The zero-order valence-electron chi connectivity index (χ0n) is 11.1. The molecule has 0 bridgehead atoms. The van der Waals surface area contributed by atoms with E-state index in [2.05, 4.69) is 9.47 Å². The Kier molecular flexibility index (Phi) is 5.61. The van der Waals surface area contributed by atoms with Crippen LogP contribution in [0.5, 0.6) is 0 Å². The molecule has 1 rings (SSSR count). The number of ether oxygens (including phenoxy) is 2. The van der Waals surface area contributed by atoms with Gasteiger partial charge in [-0.3, -0.25) is 0 Å². The smallest absolute Gasteiger partial charge is 0.435 e. The van der Waals surface area contributed by atoms with Gasteiger partial charge in [-0.1, -0.05) is 30.3 Å². The highest BCUT2D eigenvalue weighted by Crippen LogP contribution is 2.25. The first kappa shape index (κ1) is 16.1. The minimum atomic E-state index is -4.69. The summed E-state index contributed by atoms with van der Waals surface area (Å²) >= 11 is 0. The van der Waals surface area contributed by atoms with Gasteiger partial charge in [-0.25, -0.2) is 4.79 Å². The van der Waals surface area contributed by atoms with Crippen molar-refractivity contribution in [1.82, 2.24) is 0 Å². The van der Waals surface area contributed by atoms with Crippen molar-refractivity contribution in [2.24, 2.45) is 0 Å². The molecule has 1 aromatic carbocycles. The standard InChI is InChI=1S/C14H15F3O3/c1-3-19-13(18)20-12(14(15,16)17)9-8-11-7-5-4-6-10(11)2/h4-9,12H,3H2,1-2H3/b9-8+. The van der Waals surface area contributed by atoms with E-state index in [9.17, 15) is 18.0 Å². The summed E-state index contributed by atoms with van der Waals surface area (Å²) in [7, 11) is 0. The van der Waals surface area contributed by atoms with E-state index in [1.807, 2.05) is 0 Å². The summed E-state index contributed by atoms with van der Waals surface area (Å²) in [6.07, 6.45) is -6.30. The lowest BCUT2D eigenvalue weighted by Gasteiger charge is -2.17. The van der Waals surface area contributed by atoms with E-state index in [4.69, 9.17) is 0 Å². The van der Waals surface area contributed by atoms with Crippen molar-refractivity contribution in [2.45, 2.75) is 26.1 Å². The second-order valence-electron chi connectivity index (χ2n) is 3.98. The Morgan fingerprint density at radius 3 is 2.55 bits per heavy atom. The first-order chi connectivity index (χ1) is 9.34. The van der Waals surface area contributed by atoms with Crippen LogP contribution in [0.25, 0.3) is 6.08 Å². The van der Waals surface area contributed by atoms with Crippen LogP contribution >= 0.6 is 0 Å². The molecule has 0 aliphatic rings.